The predicted octanol–water partition coefficient (Wildman–Crippen LogP) is 3.80. The summed E-state index contributed by atoms with van der Waals surface area (Å²) in [6.45, 7) is 3.53. The van der Waals surface area contributed by atoms with Crippen LogP contribution in [0.2, 0.25) is 0 Å². The van der Waals surface area contributed by atoms with Crippen LogP contribution in [0.25, 0.3) is 0 Å². The molecule has 0 aliphatic carbocycles. The Labute approximate surface area is 155 Å². The minimum Gasteiger partial charge on any atom is -0.496 e. The molecule has 132 valence electrons. The molecule has 25 heavy (non-hydrogen) atoms. The summed E-state index contributed by atoms with van der Waals surface area (Å²) in [5, 5.41) is 2.70. The van der Waals surface area contributed by atoms with Gasteiger partial charge in [0.15, 0.2) is 6.61 Å². The molecule has 0 fully saturated rings. The zero-order valence-electron chi connectivity index (χ0n) is 14.4. The fourth-order valence-corrected chi connectivity index (χ4v) is 2.56. The van der Waals surface area contributed by atoms with Gasteiger partial charge in [0.25, 0.3) is 5.91 Å². The topological polar surface area (TPSA) is 64.6 Å². The highest BCUT2D eigenvalue weighted by Crippen LogP contribution is 2.21. The number of carbonyl (C=O) groups excluding carboxylic acids is 2. The van der Waals surface area contributed by atoms with E-state index in [0.29, 0.717) is 11.4 Å². The third-order valence-corrected chi connectivity index (χ3v) is 4.47. The van der Waals surface area contributed by atoms with Crippen LogP contribution in [-0.2, 0) is 20.7 Å². The van der Waals surface area contributed by atoms with Crippen molar-refractivity contribution in [1.82, 2.24) is 0 Å². The molecule has 6 heteroatoms. The molecular formula is C19H20BrNO4. The molecule has 0 aromatic heterocycles. The molecule has 5 nitrogen and oxygen atoms in total. The molecule has 0 aliphatic rings. The summed E-state index contributed by atoms with van der Waals surface area (Å²) < 4.78 is 11.3. The number of anilines is 1. The van der Waals surface area contributed by atoms with Crippen LogP contribution in [0.1, 0.15) is 16.7 Å². The van der Waals surface area contributed by atoms with Crippen LogP contribution in [0.4, 0.5) is 5.69 Å². The van der Waals surface area contributed by atoms with E-state index in [2.05, 4.69) is 21.2 Å². The standard InChI is InChI=1S/C19H20BrNO4/c1-12-4-7-17(24-3)14(8-12)10-19(23)25-11-18(22)21-15-5-6-16(20)13(2)9-15/h4-9H,10-11H2,1-3H3,(H,21,22). The summed E-state index contributed by atoms with van der Waals surface area (Å²) >= 11 is 3.40. The molecule has 0 unspecified atom stereocenters. The molecule has 0 atom stereocenters. The molecule has 2 rings (SSSR count). The highest BCUT2D eigenvalue weighted by Gasteiger charge is 2.12. The van der Waals surface area contributed by atoms with Crippen molar-refractivity contribution < 1.29 is 19.1 Å². The van der Waals surface area contributed by atoms with E-state index in [0.717, 1.165) is 21.2 Å². The number of hydrogen-bond acceptors (Lipinski definition) is 4. The Bertz CT molecular complexity index is 789. The molecule has 0 saturated carbocycles. The van der Waals surface area contributed by atoms with Gasteiger partial charge in [0.05, 0.1) is 13.5 Å². The molecule has 1 amide bonds. The Balaban J connectivity index is 1.88. The van der Waals surface area contributed by atoms with E-state index < -0.39 is 5.97 Å². The fourth-order valence-electron chi connectivity index (χ4n) is 2.32. The van der Waals surface area contributed by atoms with Crippen LogP contribution in [-0.4, -0.2) is 25.6 Å². The first-order chi connectivity index (χ1) is 11.9. The van der Waals surface area contributed by atoms with Crippen molar-refractivity contribution >= 4 is 33.5 Å². The summed E-state index contributed by atoms with van der Waals surface area (Å²) in [6.07, 6.45) is 0.0511. The number of esters is 1. The number of hydrogen-bond donors (Lipinski definition) is 1. The third-order valence-electron chi connectivity index (χ3n) is 3.58. The van der Waals surface area contributed by atoms with Crippen molar-refractivity contribution in [3.63, 3.8) is 0 Å². The number of nitrogens with one attached hydrogen (secondary N) is 1. The maximum atomic E-state index is 12.0. The van der Waals surface area contributed by atoms with Crippen LogP contribution in [0.5, 0.6) is 5.75 Å². The molecule has 0 spiro atoms. The van der Waals surface area contributed by atoms with Crippen LogP contribution in [0.3, 0.4) is 0 Å². The van der Waals surface area contributed by atoms with E-state index in [9.17, 15) is 9.59 Å². The quantitative estimate of drug-likeness (QED) is 0.742. The lowest BCUT2D eigenvalue weighted by Crippen LogP contribution is -2.21. The van der Waals surface area contributed by atoms with E-state index >= 15 is 0 Å². The number of aryl methyl sites for hydroxylation is 2. The molecule has 2 aromatic carbocycles. The van der Waals surface area contributed by atoms with Crippen LogP contribution in [0, 0.1) is 13.8 Å². The normalized spacial score (nSPS) is 10.2. The first-order valence-electron chi connectivity index (χ1n) is 7.74. The van der Waals surface area contributed by atoms with E-state index in [1.165, 1.54) is 0 Å². The second-order valence-corrected chi connectivity index (χ2v) is 6.52. The number of halogens is 1. The fraction of sp³-hybridized carbons (Fsp3) is 0.263. The SMILES string of the molecule is COc1ccc(C)cc1CC(=O)OCC(=O)Nc1ccc(Br)c(C)c1. The number of methoxy groups -OCH3 is 1. The maximum Gasteiger partial charge on any atom is 0.310 e. The van der Waals surface area contributed by atoms with Gasteiger partial charge < -0.3 is 14.8 Å². The average molecular weight is 406 g/mol. The smallest absolute Gasteiger partial charge is 0.310 e. The predicted molar refractivity (Wildman–Crippen MR) is 99.9 cm³/mol. The lowest BCUT2D eigenvalue weighted by atomic mass is 10.1. The Morgan fingerprint density at radius 3 is 2.56 bits per heavy atom. The van der Waals surface area contributed by atoms with Crippen molar-refractivity contribution in [2.75, 3.05) is 19.0 Å². The van der Waals surface area contributed by atoms with Crippen molar-refractivity contribution in [1.29, 1.82) is 0 Å². The molecule has 0 bridgehead atoms. The van der Waals surface area contributed by atoms with Crippen LogP contribution in [0.15, 0.2) is 40.9 Å². The number of rotatable bonds is 6. The van der Waals surface area contributed by atoms with Gasteiger partial charge in [-0.05, 0) is 43.7 Å². The van der Waals surface area contributed by atoms with E-state index in [4.69, 9.17) is 9.47 Å². The summed E-state index contributed by atoms with van der Waals surface area (Å²) in [4.78, 5) is 23.9. The van der Waals surface area contributed by atoms with Crippen molar-refractivity contribution in [2.24, 2.45) is 0 Å². The van der Waals surface area contributed by atoms with E-state index in [1.807, 2.05) is 38.1 Å². The number of amides is 1. The zero-order chi connectivity index (χ0) is 18.4. The second kappa shape index (κ2) is 8.67. The summed E-state index contributed by atoms with van der Waals surface area (Å²) in [7, 11) is 1.55. The second-order valence-electron chi connectivity index (χ2n) is 5.66. The zero-order valence-corrected chi connectivity index (χ0v) is 16.0. The lowest BCUT2D eigenvalue weighted by Gasteiger charge is -2.10. The maximum absolute atomic E-state index is 12.0. The highest BCUT2D eigenvalue weighted by atomic mass is 79.9. The minimum atomic E-state index is -0.481. The van der Waals surface area contributed by atoms with Gasteiger partial charge >= 0.3 is 5.97 Å². The van der Waals surface area contributed by atoms with Gasteiger partial charge in [-0.1, -0.05) is 33.6 Å². The molecular weight excluding hydrogens is 386 g/mol. The molecule has 0 heterocycles. The Morgan fingerprint density at radius 1 is 1.12 bits per heavy atom. The van der Waals surface area contributed by atoms with E-state index in [1.54, 1.807) is 19.2 Å². The number of benzene rings is 2. The molecule has 0 radical (unpaired) electrons. The van der Waals surface area contributed by atoms with Gasteiger partial charge in [-0.2, -0.15) is 0 Å². The van der Waals surface area contributed by atoms with Crippen molar-refractivity contribution in [3.8, 4) is 5.75 Å². The first-order valence-corrected chi connectivity index (χ1v) is 8.53. The number of carbonyl (C=O) groups is 2. The Hall–Kier alpha value is -2.34. The Kier molecular flexibility index (Phi) is 6.58. The van der Waals surface area contributed by atoms with Gasteiger partial charge in [0.2, 0.25) is 0 Å². The largest absolute Gasteiger partial charge is 0.496 e. The van der Waals surface area contributed by atoms with Crippen molar-refractivity contribution in [2.45, 2.75) is 20.3 Å². The molecule has 2 aromatic rings. The molecule has 0 aliphatic heterocycles. The lowest BCUT2D eigenvalue weighted by molar-refractivity contribution is -0.146. The average Bonchev–Trinajstić information content (AvgIpc) is 2.57. The third kappa shape index (κ3) is 5.60. The van der Waals surface area contributed by atoms with Gasteiger partial charge in [-0.3, -0.25) is 9.59 Å². The molecule has 0 saturated heterocycles. The van der Waals surface area contributed by atoms with Crippen LogP contribution >= 0.6 is 15.9 Å². The van der Waals surface area contributed by atoms with Crippen molar-refractivity contribution in [3.05, 3.63) is 57.6 Å². The number of ether oxygens (including phenoxy) is 2. The minimum absolute atomic E-state index is 0.0511. The van der Waals surface area contributed by atoms with Gasteiger partial charge in [-0.25, -0.2) is 0 Å². The van der Waals surface area contributed by atoms with E-state index in [-0.39, 0.29) is 18.9 Å². The Morgan fingerprint density at radius 2 is 1.88 bits per heavy atom. The monoisotopic (exact) mass is 405 g/mol. The molecule has 1 N–H and O–H groups in total. The first kappa shape index (κ1) is 19.0. The summed E-state index contributed by atoms with van der Waals surface area (Å²) in [6, 6.07) is 11.0. The van der Waals surface area contributed by atoms with Gasteiger partial charge in [-0.15, -0.1) is 0 Å². The van der Waals surface area contributed by atoms with Crippen LogP contribution < -0.4 is 10.1 Å². The van der Waals surface area contributed by atoms with Gasteiger partial charge in [0.1, 0.15) is 5.75 Å². The highest BCUT2D eigenvalue weighted by molar-refractivity contribution is 9.10. The summed E-state index contributed by atoms with van der Waals surface area (Å²) in [5.74, 6) is -0.241. The van der Waals surface area contributed by atoms with Gasteiger partial charge in [0, 0.05) is 15.7 Å². The summed E-state index contributed by atoms with van der Waals surface area (Å²) in [5.41, 5.74) is 3.41.